The maximum Gasteiger partial charge on any atom is 0.178 e. The van der Waals surface area contributed by atoms with Gasteiger partial charge in [-0.25, -0.2) is 0 Å². The van der Waals surface area contributed by atoms with E-state index in [-0.39, 0.29) is 0 Å². The van der Waals surface area contributed by atoms with Crippen LogP contribution in [0.1, 0.15) is 11.1 Å². The molecule has 0 amide bonds. The van der Waals surface area contributed by atoms with E-state index in [1.54, 1.807) is 0 Å². The van der Waals surface area contributed by atoms with Crippen LogP contribution in [0.4, 0.5) is 0 Å². The van der Waals surface area contributed by atoms with Crippen molar-refractivity contribution in [3.63, 3.8) is 0 Å². The molecule has 0 radical (unpaired) electrons. The van der Waals surface area contributed by atoms with Crippen LogP contribution < -0.4 is 4.74 Å². The van der Waals surface area contributed by atoms with Gasteiger partial charge < -0.3 is 4.74 Å². The van der Waals surface area contributed by atoms with Gasteiger partial charge >= 0.3 is 0 Å². The molecule has 0 saturated heterocycles. The van der Waals surface area contributed by atoms with Crippen LogP contribution in [0.3, 0.4) is 0 Å². The van der Waals surface area contributed by atoms with E-state index in [4.69, 9.17) is 16.3 Å². The molecule has 2 aliphatic rings. The molecule has 0 aromatic heterocycles. The van der Waals surface area contributed by atoms with E-state index in [0.29, 0.717) is 0 Å². The molecule has 1 aliphatic carbocycles. The van der Waals surface area contributed by atoms with Crippen molar-refractivity contribution in [2.45, 2.75) is 6.42 Å². The highest BCUT2D eigenvalue weighted by Gasteiger charge is 2.38. The third kappa shape index (κ3) is 0.616. The summed E-state index contributed by atoms with van der Waals surface area (Å²) in [5.74, 6) is 2.17. The van der Waals surface area contributed by atoms with Crippen LogP contribution >= 0.6 is 11.6 Å². The quantitative estimate of drug-likeness (QED) is 0.385. The van der Waals surface area contributed by atoms with Gasteiger partial charge in [-0.15, -0.1) is 0 Å². The van der Waals surface area contributed by atoms with Crippen LogP contribution in [0.15, 0.2) is 18.2 Å². The standard InChI is InChI=1S/C11H5ClO/c12-8-3-1-2-5-9(8)6-4-7(6)11-10(5)13-11/h1-3H,4H2. The van der Waals surface area contributed by atoms with Crippen molar-refractivity contribution in [3.8, 4) is 11.5 Å². The molecular formula is C11H5ClO. The summed E-state index contributed by atoms with van der Waals surface area (Å²) in [4.78, 5) is 0. The minimum atomic E-state index is 0.851. The van der Waals surface area contributed by atoms with Crippen molar-refractivity contribution in [3.05, 3.63) is 34.3 Å². The number of hydrogen-bond donors (Lipinski definition) is 0. The molecular weight excluding hydrogens is 184 g/mol. The Labute approximate surface area is 79.9 Å². The first-order valence-corrected chi connectivity index (χ1v) is 4.68. The van der Waals surface area contributed by atoms with Crippen molar-refractivity contribution in [1.82, 2.24) is 0 Å². The Balaban J connectivity index is 2.35. The third-order valence-electron chi connectivity index (χ3n) is 2.80. The molecule has 0 unspecified atom stereocenters. The fourth-order valence-electron chi connectivity index (χ4n) is 2.06. The number of ether oxygens (including phenoxy) is 1. The van der Waals surface area contributed by atoms with Crippen LogP contribution in [-0.4, -0.2) is 0 Å². The molecule has 13 heavy (non-hydrogen) atoms. The Bertz CT molecular complexity index is 572. The predicted octanol–water partition coefficient (Wildman–Crippen LogP) is 3.50. The van der Waals surface area contributed by atoms with Crippen molar-refractivity contribution in [1.29, 1.82) is 0 Å². The van der Waals surface area contributed by atoms with E-state index in [9.17, 15) is 0 Å². The largest absolute Gasteiger partial charge is 0.448 e. The Kier molecular flexibility index (Phi) is 0.812. The molecule has 0 bridgehead atoms. The molecule has 1 aliphatic heterocycles. The van der Waals surface area contributed by atoms with Crippen LogP contribution in [0.2, 0.25) is 5.02 Å². The lowest BCUT2D eigenvalue weighted by Gasteiger charge is -1.95. The van der Waals surface area contributed by atoms with E-state index in [1.807, 2.05) is 12.1 Å². The second-order valence-electron chi connectivity index (χ2n) is 3.56. The summed E-state index contributed by atoms with van der Waals surface area (Å²) in [6.45, 7) is 0. The Morgan fingerprint density at radius 2 is 2.08 bits per heavy atom. The first-order valence-electron chi connectivity index (χ1n) is 4.30. The summed E-state index contributed by atoms with van der Waals surface area (Å²) in [6, 6.07) is 5.99. The molecule has 0 atom stereocenters. The van der Waals surface area contributed by atoms with Gasteiger partial charge in [0.1, 0.15) is 0 Å². The topological polar surface area (TPSA) is 12.5 Å². The SMILES string of the molecule is Clc1cccc2c3c(c4c(c12)C4)O3. The van der Waals surface area contributed by atoms with Crippen molar-refractivity contribution < 1.29 is 4.74 Å². The van der Waals surface area contributed by atoms with Gasteiger partial charge in [-0.1, -0.05) is 23.7 Å². The highest BCUT2D eigenvalue weighted by molar-refractivity contribution is 6.36. The molecule has 1 nitrogen and oxygen atoms in total. The molecule has 0 N–H and O–H groups in total. The summed E-state index contributed by atoms with van der Waals surface area (Å²) in [6.07, 6.45) is 1.07. The average molecular weight is 189 g/mol. The van der Waals surface area contributed by atoms with E-state index in [0.717, 1.165) is 22.9 Å². The van der Waals surface area contributed by atoms with Crippen LogP contribution in [0.5, 0.6) is 11.5 Å². The summed E-state index contributed by atoms with van der Waals surface area (Å²) >= 11 is 6.14. The van der Waals surface area contributed by atoms with Gasteiger partial charge in [-0.05, 0) is 11.6 Å². The van der Waals surface area contributed by atoms with Gasteiger partial charge in [-0.3, -0.25) is 0 Å². The van der Waals surface area contributed by atoms with E-state index < -0.39 is 0 Å². The van der Waals surface area contributed by atoms with Crippen LogP contribution in [-0.2, 0) is 6.42 Å². The number of hydrogen-bond acceptors (Lipinski definition) is 1. The summed E-state index contributed by atoms with van der Waals surface area (Å²) in [7, 11) is 0. The van der Waals surface area contributed by atoms with Crippen LogP contribution in [0, 0.1) is 0 Å². The first-order chi connectivity index (χ1) is 6.36. The Morgan fingerprint density at radius 3 is 3.00 bits per heavy atom. The maximum absolute atomic E-state index is 6.14. The van der Waals surface area contributed by atoms with E-state index >= 15 is 0 Å². The highest BCUT2D eigenvalue weighted by atomic mass is 35.5. The zero-order valence-electron chi connectivity index (χ0n) is 6.73. The minimum Gasteiger partial charge on any atom is -0.448 e. The number of rotatable bonds is 0. The molecule has 4 rings (SSSR count). The lowest BCUT2D eigenvalue weighted by molar-refractivity contribution is 0.652. The number of benzene rings is 2. The van der Waals surface area contributed by atoms with Crippen molar-refractivity contribution in [2.75, 3.05) is 0 Å². The average Bonchev–Trinajstić information content (AvgIpc) is 2.98. The third-order valence-corrected chi connectivity index (χ3v) is 3.11. The molecule has 2 heteroatoms. The monoisotopic (exact) mass is 188 g/mol. The summed E-state index contributed by atoms with van der Waals surface area (Å²) in [5, 5.41) is 3.23. The Hall–Kier alpha value is -1.21. The van der Waals surface area contributed by atoms with Gasteiger partial charge in [0, 0.05) is 27.8 Å². The second-order valence-corrected chi connectivity index (χ2v) is 3.96. The van der Waals surface area contributed by atoms with Gasteiger partial charge in [0.15, 0.2) is 11.5 Å². The lowest BCUT2D eigenvalue weighted by atomic mass is 10.1. The molecule has 0 fully saturated rings. The normalized spacial score (nSPS) is 14.8. The van der Waals surface area contributed by atoms with Gasteiger partial charge in [-0.2, -0.15) is 0 Å². The molecule has 2 aromatic rings. The van der Waals surface area contributed by atoms with Gasteiger partial charge in [0.2, 0.25) is 0 Å². The summed E-state index contributed by atoms with van der Waals surface area (Å²) < 4.78 is 5.43. The number of halogens is 1. The zero-order chi connectivity index (χ0) is 8.58. The van der Waals surface area contributed by atoms with Crippen molar-refractivity contribution >= 4 is 22.4 Å². The summed E-state index contributed by atoms with van der Waals surface area (Å²) in [5.41, 5.74) is 2.76. The fourth-order valence-corrected chi connectivity index (χ4v) is 2.35. The van der Waals surface area contributed by atoms with E-state index in [2.05, 4.69) is 6.07 Å². The Morgan fingerprint density at radius 1 is 1.15 bits per heavy atom. The fraction of sp³-hybridized carbons (Fsp3) is 0.0909. The molecule has 0 spiro atoms. The molecule has 2 aromatic carbocycles. The predicted molar refractivity (Wildman–Crippen MR) is 51.8 cm³/mol. The molecule has 62 valence electrons. The van der Waals surface area contributed by atoms with Crippen LogP contribution in [0.25, 0.3) is 10.8 Å². The van der Waals surface area contributed by atoms with Gasteiger partial charge in [0.25, 0.3) is 0 Å². The van der Waals surface area contributed by atoms with Gasteiger partial charge in [0.05, 0.1) is 0 Å². The smallest absolute Gasteiger partial charge is 0.178 e. The second kappa shape index (κ2) is 1.68. The lowest BCUT2D eigenvalue weighted by Crippen LogP contribution is -1.69. The first kappa shape index (κ1) is 6.28. The maximum atomic E-state index is 6.14. The van der Waals surface area contributed by atoms with E-state index in [1.165, 1.54) is 21.9 Å². The molecule has 1 heterocycles. The zero-order valence-corrected chi connectivity index (χ0v) is 7.48. The highest BCUT2D eigenvalue weighted by Crippen LogP contribution is 2.61. The number of fused-ring (bicyclic) bond motifs is 6. The molecule has 0 saturated carbocycles. The minimum absolute atomic E-state index is 0.851. The van der Waals surface area contributed by atoms with Crippen molar-refractivity contribution in [2.24, 2.45) is 0 Å².